The number of rotatable bonds is 2. The molecule has 0 aliphatic carbocycles. The number of aromatic nitrogens is 1. The maximum Gasteiger partial charge on any atom is 0.165 e. The Morgan fingerprint density at radius 2 is 1.79 bits per heavy atom. The third-order valence-corrected chi connectivity index (χ3v) is 1.88. The number of carbonyl (C=O) groups is 2. The molecule has 0 spiro atoms. The Balaban J connectivity index is 3.49. The number of ketones is 2. The summed E-state index contributed by atoms with van der Waals surface area (Å²) in [7, 11) is 0. The number of carbonyl (C=O) groups excluding carboxylic acids is 2. The predicted octanol–water partition coefficient (Wildman–Crippen LogP) is 0.651. The molecule has 0 aliphatic rings. The van der Waals surface area contributed by atoms with Gasteiger partial charge in [-0.15, -0.1) is 0 Å². The molecule has 0 radical (unpaired) electrons. The fourth-order valence-corrected chi connectivity index (χ4v) is 1.19. The molecule has 1 aromatic rings. The van der Waals surface area contributed by atoms with E-state index in [0.717, 1.165) is 0 Å². The molecule has 0 unspecified atom stereocenters. The summed E-state index contributed by atoms with van der Waals surface area (Å²) in [6.07, 6.45) is 1.28. The Morgan fingerprint density at radius 3 is 2.21 bits per heavy atom. The molecule has 0 aliphatic heterocycles. The average molecular weight is 193 g/mol. The summed E-state index contributed by atoms with van der Waals surface area (Å²) in [5.41, 5.74) is 11.6. The van der Waals surface area contributed by atoms with Gasteiger partial charge in [0, 0.05) is 6.20 Å². The zero-order valence-corrected chi connectivity index (χ0v) is 8.00. The number of nitrogens with two attached hydrogens (primary N) is 2. The maximum absolute atomic E-state index is 11.2. The van der Waals surface area contributed by atoms with Crippen LogP contribution in [-0.4, -0.2) is 16.6 Å². The Labute approximate surface area is 81.1 Å². The van der Waals surface area contributed by atoms with E-state index in [2.05, 4.69) is 4.98 Å². The molecular formula is C9H11N3O2. The first-order valence-corrected chi connectivity index (χ1v) is 4.01. The number of Topliss-reactive ketones (excluding diaryl/α,β-unsaturated/α-hetero) is 2. The molecule has 0 saturated carbocycles. The molecule has 0 atom stereocenters. The number of nitrogens with zero attached hydrogens (tertiary/aromatic N) is 1. The minimum absolute atomic E-state index is 0.0556. The van der Waals surface area contributed by atoms with Crippen molar-refractivity contribution in [3.05, 3.63) is 17.3 Å². The predicted molar refractivity (Wildman–Crippen MR) is 53.1 cm³/mol. The fourth-order valence-electron chi connectivity index (χ4n) is 1.19. The van der Waals surface area contributed by atoms with Crippen LogP contribution in [0.25, 0.3) is 0 Å². The summed E-state index contributed by atoms with van der Waals surface area (Å²) in [6.45, 7) is 2.68. The zero-order valence-electron chi connectivity index (χ0n) is 8.00. The first-order chi connectivity index (χ1) is 6.45. The van der Waals surface area contributed by atoms with Gasteiger partial charge in [0.2, 0.25) is 0 Å². The lowest BCUT2D eigenvalue weighted by atomic mass is 10.1. The van der Waals surface area contributed by atoms with E-state index in [9.17, 15) is 9.59 Å². The molecule has 4 N–H and O–H groups in total. The first kappa shape index (κ1) is 10.2. The minimum atomic E-state index is -0.296. The largest absolute Gasteiger partial charge is 0.397 e. The van der Waals surface area contributed by atoms with Crippen LogP contribution < -0.4 is 11.5 Å². The van der Waals surface area contributed by atoms with Crippen molar-refractivity contribution in [1.29, 1.82) is 0 Å². The topological polar surface area (TPSA) is 99.1 Å². The number of hydrogen-bond donors (Lipinski definition) is 2. The van der Waals surface area contributed by atoms with Crippen molar-refractivity contribution < 1.29 is 9.59 Å². The van der Waals surface area contributed by atoms with Crippen LogP contribution in [0.1, 0.15) is 34.6 Å². The van der Waals surface area contributed by atoms with Crippen molar-refractivity contribution in [2.75, 3.05) is 11.5 Å². The molecular weight excluding hydrogens is 182 g/mol. The Kier molecular flexibility index (Phi) is 2.51. The quantitative estimate of drug-likeness (QED) is 0.672. The van der Waals surface area contributed by atoms with Crippen LogP contribution in [-0.2, 0) is 0 Å². The normalized spacial score (nSPS) is 9.86. The Hall–Kier alpha value is -1.91. The number of anilines is 2. The van der Waals surface area contributed by atoms with Gasteiger partial charge < -0.3 is 11.5 Å². The lowest BCUT2D eigenvalue weighted by Crippen LogP contribution is -2.11. The van der Waals surface area contributed by atoms with Crippen LogP contribution in [0.2, 0.25) is 0 Å². The van der Waals surface area contributed by atoms with Crippen molar-refractivity contribution in [2.24, 2.45) is 0 Å². The molecule has 0 fully saturated rings. The van der Waals surface area contributed by atoms with Gasteiger partial charge in [0.25, 0.3) is 0 Å². The second-order valence-electron chi connectivity index (χ2n) is 2.96. The molecule has 0 bridgehead atoms. The molecule has 74 valence electrons. The molecule has 0 saturated heterocycles. The highest BCUT2D eigenvalue weighted by atomic mass is 16.1. The molecule has 1 aromatic heterocycles. The van der Waals surface area contributed by atoms with Gasteiger partial charge in [-0.2, -0.15) is 0 Å². The van der Waals surface area contributed by atoms with Crippen LogP contribution >= 0.6 is 0 Å². The van der Waals surface area contributed by atoms with E-state index in [4.69, 9.17) is 11.5 Å². The lowest BCUT2D eigenvalue weighted by molar-refractivity contribution is 0.101. The van der Waals surface area contributed by atoms with Crippen molar-refractivity contribution in [1.82, 2.24) is 4.98 Å². The number of hydrogen-bond acceptors (Lipinski definition) is 5. The number of nitrogen functional groups attached to an aromatic ring is 2. The highest BCUT2D eigenvalue weighted by Gasteiger charge is 2.16. The number of pyridine rings is 1. The van der Waals surface area contributed by atoms with Gasteiger partial charge in [-0.05, 0) is 13.8 Å². The Bertz CT molecular complexity index is 413. The molecule has 1 heterocycles. The van der Waals surface area contributed by atoms with E-state index in [0.29, 0.717) is 0 Å². The van der Waals surface area contributed by atoms with E-state index < -0.39 is 0 Å². The van der Waals surface area contributed by atoms with Gasteiger partial charge in [0.1, 0.15) is 5.82 Å². The van der Waals surface area contributed by atoms with Gasteiger partial charge in [-0.1, -0.05) is 0 Å². The summed E-state index contributed by atoms with van der Waals surface area (Å²) >= 11 is 0. The van der Waals surface area contributed by atoms with E-state index in [1.807, 2.05) is 0 Å². The highest BCUT2D eigenvalue weighted by molar-refractivity contribution is 6.09. The summed E-state index contributed by atoms with van der Waals surface area (Å²) in [6, 6.07) is 0. The second-order valence-corrected chi connectivity index (χ2v) is 2.96. The zero-order chi connectivity index (χ0) is 10.9. The standard InChI is InChI=1S/C9H11N3O2/c1-4(13)6-3-12-9(11)7(5(2)14)8(6)10/h3H,1-2H3,(H4,10,11,12). The lowest BCUT2D eigenvalue weighted by Gasteiger charge is -2.07. The van der Waals surface area contributed by atoms with Crippen molar-refractivity contribution in [3.8, 4) is 0 Å². The van der Waals surface area contributed by atoms with Crippen molar-refractivity contribution in [2.45, 2.75) is 13.8 Å². The first-order valence-electron chi connectivity index (χ1n) is 4.01. The fraction of sp³-hybridized carbons (Fsp3) is 0.222. The molecule has 5 heteroatoms. The van der Waals surface area contributed by atoms with Crippen molar-refractivity contribution >= 4 is 23.1 Å². The van der Waals surface area contributed by atoms with Gasteiger partial charge in [-0.25, -0.2) is 4.98 Å². The monoisotopic (exact) mass is 193 g/mol. The van der Waals surface area contributed by atoms with Gasteiger partial charge in [0.15, 0.2) is 11.6 Å². The van der Waals surface area contributed by atoms with E-state index >= 15 is 0 Å². The van der Waals surface area contributed by atoms with Crippen molar-refractivity contribution in [3.63, 3.8) is 0 Å². The average Bonchev–Trinajstić information content (AvgIpc) is 2.02. The smallest absolute Gasteiger partial charge is 0.165 e. The maximum atomic E-state index is 11.2. The van der Waals surface area contributed by atoms with E-state index in [1.165, 1.54) is 20.0 Å². The third kappa shape index (κ3) is 1.56. The van der Waals surface area contributed by atoms with Gasteiger partial charge >= 0.3 is 0 Å². The second kappa shape index (κ2) is 3.45. The highest BCUT2D eigenvalue weighted by Crippen LogP contribution is 2.22. The van der Waals surface area contributed by atoms with Crippen LogP contribution in [0, 0.1) is 0 Å². The third-order valence-electron chi connectivity index (χ3n) is 1.88. The summed E-state index contributed by atoms with van der Waals surface area (Å²) in [5.74, 6) is -0.479. The van der Waals surface area contributed by atoms with Crippen LogP contribution in [0.3, 0.4) is 0 Å². The van der Waals surface area contributed by atoms with Gasteiger partial charge in [-0.3, -0.25) is 9.59 Å². The molecule has 14 heavy (non-hydrogen) atoms. The summed E-state index contributed by atoms with van der Waals surface area (Å²) in [4.78, 5) is 26.0. The van der Waals surface area contributed by atoms with Crippen LogP contribution in [0.4, 0.5) is 11.5 Å². The summed E-state index contributed by atoms with van der Waals surface area (Å²) in [5, 5.41) is 0. The Morgan fingerprint density at radius 1 is 1.21 bits per heavy atom. The molecule has 5 nitrogen and oxygen atoms in total. The SMILES string of the molecule is CC(=O)c1cnc(N)c(C(C)=O)c1N. The molecule has 1 rings (SSSR count). The molecule has 0 amide bonds. The van der Waals surface area contributed by atoms with E-state index in [1.54, 1.807) is 0 Å². The van der Waals surface area contributed by atoms with Crippen LogP contribution in [0.5, 0.6) is 0 Å². The van der Waals surface area contributed by atoms with Crippen LogP contribution in [0.15, 0.2) is 6.20 Å². The van der Waals surface area contributed by atoms with E-state index in [-0.39, 0.29) is 34.2 Å². The summed E-state index contributed by atoms with van der Waals surface area (Å²) < 4.78 is 0. The molecule has 0 aromatic carbocycles. The minimum Gasteiger partial charge on any atom is -0.397 e. The van der Waals surface area contributed by atoms with Gasteiger partial charge in [0.05, 0.1) is 16.8 Å².